The van der Waals surface area contributed by atoms with Crippen molar-refractivity contribution < 1.29 is 19.4 Å². The van der Waals surface area contributed by atoms with Crippen LogP contribution in [0.25, 0.3) is 0 Å². The van der Waals surface area contributed by atoms with E-state index < -0.39 is 5.97 Å². The van der Waals surface area contributed by atoms with Crippen LogP contribution in [0.3, 0.4) is 0 Å². The Morgan fingerprint density at radius 3 is 2.45 bits per heavy atom. The average Bonchev–Trinajstić information content (AvgIpc) is 2.44. The Kier molecular flexibility index (Phi) is 7.35. The number of rotatable bonds is 9. The van der Waals surface area contributed by atoms with Gasteiger partial charge >= 0.3 is 5.97 Å². The first-order valence-electron chi connectivity index (χ1n) is 6.71. The molecule has 0 saturated carbocycles. The van der Waals surface area contributed by atoms with E-state index in [-0.39, 0.29) is 12.3 Å². The van der Waals surface area contributed by atoms with Crippen LogP contribution in [0, 0.1) is 0 Å². The molecule has 0 heterocycles. The maximum absolute atomic E-state index is 12.2. The van der Waals surface area contributed by atoms with Gasteiger partial charge in [-0.3, -0.25) is 9.59 Å². The molecule has 5 nitrogen and oxygen atoms in total. The molecule has 5 heteroatoms. The highest BCUT2D eigenvalue weighted by molar-refractivity contribution is 5.93. The summed E-state index contributed by atoms with van der Waals surface area (Å²) in [4.78, 5) is 24.4. The summed E-state index contributed by atoms with van der Waals surface area (Å²) >= 11 is 0. The molecule has 1 rings (SSSR count). The molecule has 0 spiro atoms. The average molecular weight is 279 g/mol. The lowest BCUT2D eigenvalue weighted by Crippen LogP contribution is -2.32. The Bertz CT molecular complexity index is 419. The summed E-state index contributed by atoms with van der Waals surface area (Å²) in [6.45, 7) is 0.964. The molecule has 1 amide bonds. The summed E-state index contributed by atoms with van der Waals surface area (Å²) in [5, 5.41) is 8.69. The summed E-state index contributed by atoms with van der Waals surface area (Å²) in [6, 6.07) is 9.32. The van der Waals surface area contributed by atoms with Crippen molar-refractivity contribution in [3.8, 4) is 0 Å². The minimum atomic E-state index is -0.843. The molecule has 0 aliphatic heterocycles. The zero-order chi connectivity index (χ0) is 14.8. The molecule has 0 bridgehead atoms. The van der Waals surface area contributed by atoms with Gasteiger partial charge in [0.15, 0.2) is 0 Å². The molecule has 0 atom stereocenters. The molecule has 0 radical (unpaired) electrons. The second-order valence-electron chi connectivity index (χ2n) is 4.47. The van der Waals surface area contributed by atoms with Crippen molar-refractivity contribution in [2.45, 2.75) is 25.7 Å². The van der Waals surface area contributed by atoms with Crippen molar-refractivity contribution >= 4 is 17.6 Å². The summed E-state index contributed by atoms with van der Waals surface area (Å²) in [7, 11) is 1.60. The summed E-state index contributed by atoms with van der Waals surface area (Å²) in [6.07, 6.45) is 1.57. The largest absolute Gasteiger partial charge is 0.481 e. The predicted octanol–water partition coefficient (Wildman–Crippen LogP) is 2.31. The molecular weight excluding hydrogens is 258 g/mol. The Labute approximate surface area is 119 Å². The maximum atomic E-state index is 12.2. The van der Waals surface area contributed by atoms with Crippen molar-refractivity contribution in [1.29, 1.82) is 0 Å². The topological polar surface area (TPSA) is 66.8 Å². The van der Waals surface area contributed by atoms with Crippen LogP contribution in [-0.2, 0) is 14.3 Å². The van der Waals surface area contributed by atoms with E-state index in [2.05, 4.69) is 0 Å². The van der Waals surface area contributed by atoms with Gasteiger partial charge in [0.05, 0.1) is 0 Å². The molecule has 20 heavy (non-hydrogen) atoms. The number of hydrogen-bond donors (Lipinski definition) is 1. The Balaban J connectivity index is 2.63. The first kappa shape index (κ1) is 16.2. The SMILES string of the molecule is COCCCC(=O)N(CCCC(=O)O)c1ccccc1. The number of benzene rings is 1. The van der Waals surface area contributed by atoms with Crippen molar-refractivity contribution in [3.05, 3.63) is 30.3 Å². The van der Waals surface area contributed by atoms with Crippen molar-refractivity contribution in [2.24, 2.45) is 0 Å². The van der Waals surface area contributed by atoms with E-state index in [1.165, 1.54) is 0 Å². The van der Waals surface area contributed by atoms with Crippen LogP contribution in [-0.4, -0.2) is 37.2 Å². The molecule has 0 aromatic heterocycles. The van der Waals surface area contributed by atoms with E-state index in [9.17, 15) is 9.59 Å². The number of ether oxygens (including phenoxy) is 1. The molecule has 1 N–H and O–H groups in total. The van der Waals surface area contributed by atoms with Crippen LogP contribution >= 0.6 is 0 Å². The minimum Gasteiger partial charge on any atom is -0.481 e. The maximum Gasteiger partial charge on any atom is 0.303 e. The van der Waals surface area contributed by atoms with Gasteiger partial charge in [-0.2, -0.15) is 0 Å². The zero-order valence-electron chi connectivity index (χ0n) is 11.7. The summed E-state index contributed by atoms with van der Waals surface area (Å²) < 4.78 is 4.94. The number of para-hydroxylation sites is 1. The van der Waals surface area contributed by atoms with E-state index >= 15 is 0 Å². The van der Waals surface area contributed by atoms with Gasteiger partial charge in [-0.05, 0) is 25.0 Å². The second-order valence-corrected chi connectivity index (χ2v) is 4.47. The lowest BCUT2D eigenvalue weighted by atomic mass is 10.2. The van der Waals surface area contributed by atoms with Gasteiger partial charge in [-0.15, -0.1) is 0 Å². The zero-order valence-corrected chi connectivity index (χ0v) is 11.7. The van der Waals surface area contributed by atoms with Crippen LogP contribution in [0.1, 0.15) is 25.7 Å². The van der Waals surface area contributed by atoms with Crippen LogP contribution in [0.4, 0.5) is 5.69 Å². The Morgan fingerprint density at radius 1 is 1.15 bits per heavy atom. The molecule has 110 valence electrons. The number of aliphatic carboxylic acids is 1. The summed E-state index contributed by atoms with van der Waals surface area (Å²) in [5.74, 6) is -0.844. The molecule has 0 aliphatic rings. The van der Waals surface area contributed by atoms with Gasteiger partial charge in [-0.1, -0.05) is 18.2 Å². The third-order valence-corrected chi connectivity index (χ3v) is 2.88. The van der Waals surface area contributed by atoms with Crippen LogP contribution in [0.5, 0.6) is 0 Å². The number of carbonyl (C=O) groups excluding carboxylic acids is 1. The fourth-order valence-corrected chi connectivity index (χ4v) is 1.90. The molecule has 1 aromatic carbocycles. The van der Waals surface area contributed by atoms with E-state index in [1.807, 2.05) is 30.3 Å². The highest BCUT2D eigenvalue weighted by Gasteiger charge is 2.15. The van der Waals surface area contributed by atoms with E-state index in [4.69, 9.17) is 9.84 Å². The minimum absolute atomic E-state index is 0.00126. The molecule has 1 aromatic rings. The number of hydrogen-bond acceptors (Lipinski definition) is 3. The predicted molar refractivity (Wildman–Crippen MR) is 76.8 cm³/mol. The third kappa shape index (κ3) is 5.84. The van der Waals surface area contributed by atoms with E-state index in [1.54, 1.807) is 12.0 Å². The first-order chi connectivity index (χ1) is 9.65. The number of carboxylic acid groups (broad SMARTS) is 1. The molecule has 0 saturated heterocycles. The third-order valence-electron chi connectivity index (χ3n) is 2.88. The van der Waals surface area contributed by atoms with Gasteiger partial charge in [0, 0.05) is 38.8 Å². The Morgan fingerprint density at radius 2 is 1.85 bits per heavy atom. The van der Waals surface area contributed by atoms with Crippen LogP contribution in [0.15, 0.2) is 30.3 Å². The van der Waals surface area contributed by atoms with Gasteiger partial charge in [0.1, 0.15) is 0 Å². The summed E-state index contributed by atoms with van der Waals surface area (Å²) in [5.41, 5.74) is 0.806. The normalized spacial score (nSPS) is 10.2. The number of nitrogens with zero attached hydrogens (tertiary/aromatic N) is 1. The van der Waals surface area contributed by atoms with Gasteiger partial charge in [0.25, 0.3) is 0 Å². The van der Waals surface area contributed by atoms with Crippen molar-refractivity contribution in [1.82, 2.24) is 0 Å². The smallest absolute Gasteiger partial charge is 0.303 e. The lowest BCUT2D eigenvalue weighted by molar-refractivity contribution is -0.137. The Hall–Kier alpha value is -1.88. The monoisotopic (exact) mass is 279 g/mol. The fourth-order valence-electron chi connectivity index (χ4n) is 1.90. The first-order valence-corrected chi connectivity index (χ1v) is 6.71. The fraction of sp³-hybridized carbons (Fsp3) is 0.467. The second kappa shape index (κ2) is 9.09. The molecular formula is C15H21NO4. The highest BCUT2D eigenvalue weighted by atomic mass is 16.5. The quantitative estimate of drug-likeness (QED) is 0.704. The van der Waals surface area contributed by atoms with Crippen LogP contribution in [0.2, 0.25) is 0 Å². The van der Waals surface area contributed by atoms with E-state index in [0.717, 1.165) is 5.69 Å². The van der Waals surface area contributed by atoms with Crippen molar-refractivity contribution in [3.63, 3.8) is 0 Å². The highest BCUT2D eigenvalue weighted by Crippen LogP contribution is 2.16. The van der Waals surface area contributed by atoms with Gasteiger partial charge in [-0.25, -0.2) is 0 Å². The molecule has 0 aliphatic carbocycles. The molecule has 0 unspecified atom stereocenters. The number of amides is 1. The standard InChI is InChI=1S/C15H21NO4/c1-20-12-6-9-14(17)16(11-5-10-15(18)19)13-7-3-2-4-8-13/h2-4,7-8H,5-6,9-12H2,1H3,(H,18,19). The lowest BCUT2D eigenvalue weighted by Gasteiger charge is -2.22. The van der Waals surface area contributed by atoms with E-state index in [0.29, 0.717) is 32.4 Å². The number of methoxy groups -OCH3 is 1. The number of carboxylic acids is 1. The number of carbonyl (C=O) groups is 2. The number of anilines is 1. The van der Waals surface area contributed by atoms with Gasteiger partial charge in [0.2, 0.25) is 5.91 Å². The van der Waals surface area contributed by atoms with Crippen molar-refractivity contribution in [2.75, 3.05) is 25.2 Å². The molecule has 0 fully saturated rings. The van der Waals surface area contributed by atoms with Gasteiger partial charge < -0.3 is 14.7 Å². The van der Waals surface area contributed by atoms with Crippen LogP contribution < -0.4 is 4.90 Å².